The van der Waals surface area contributed by atoms with Gasteiger partial charge in [0.2, 0.25) is 0 Å². The summed E-state index contributed by atoms with van der Waals surface area (Å²) in [5.41, 5.74) is 0.0274. The molecule has 0 bridgehead atoms. The van der Waals surface area contributed by atoms with Crippen LogP contribution < -0.4 is 10.6 Å². The van der Waals surface area contributed by atoms with Crippen LogP contribution in [0.2, 0.25) is 0 Å². The molecule has 1 aliphatic rings. The van der Waals surface area contributed by atoms with Gasteiger partial charge in [-0.05, 0) is 30.7 Å². The number of sulfone groups is 1. The van der Waals surface area contributed by atoms with Gasteiger partial charge in [0.1, 0.15) is 5.69 Å². The Morgan fingerprint density at radius 2 is 1.88 bits per heavy atom. The molecule has 1 fully saturated rings. The van der Waals surface area contributed by atoms with Crippen molar-refractivity contribution in [2.45, 2.75) is 12.5 Å². The van der Waals surface area contributed by atoms with Crippen molar-refractivity contribution in [1.82, 2.24) is 10.3 Å². The summed E-state index contributed by atoms with van der Waals surface area (Å²) in [6.07, 6.45) is 1.57. The predicted molar refractivity (Wildman–Crippen MR) is 88.4 cm³/mol. The molecule has 2 heterocycles. The van der Waals surface area contributed by atoms with Crippen LogP contribution in [0.3, 0.4) is 0 Å². The Hall–Kier alpha value is -2.62. The molecular weight excluding hydrogens is 371 g/mol. The van der Waals surface area contributed by atoms with Crippen molar-refractivity contribution in [3.05, 3.63) is 53.6 Å². The molecule has 2 aromatic rings. The van der Waals surface area contributed by atoms with Gasteiger partial charge in [0.25, 0.3) is 5.91 Å². The zero-order valence-corrected chi connectivity index (χ0v) is 14.1. The Morgan fingerprint density at radius 3 is 2.50 bits per heavy atom. The average molecular weight is 385 g/mol. The van der Waals surface area contributed by atoms with E-state index in [0.29, 0.717) is 6.42 Å². The Labute approximate surface area is 147 Å². The number of hydrogen-bond donors (Lipinski definition) is 2. The molecule has 1 aromatic carbocycles. The van der Waals surface area contributed by atoms with Crippen LogP contribution in [0.5, 0.6) is 0 Å². The number of aromatic nitrogens is 1. The second kappa shape index (κ2) is 6.94. The van der Waals surface area contributed by atoms with Crippen molar-refractivity contribution in [3.63, 3.8) is 0 Å². The number of carbonyl (C=O) groups is 1. The van der Waals surface area contributed by atoms with Gasteiger partial charge in [-0.3, -0.25) is 4.79 Å². The van der Waals surface area contributed by atoms with Gasteiger partial charge in [0.15, 0.2) is 27.3 Å². The molecule has 1 aromatic heterocycles. The topological polar surface area (TPSA) is 88.2 Å². The van der Waals surface area contributed by atoms with Crippen LogP contribution >= 0.6 is 0 Å². The van der Waals surface area contributed by atoms with E-state index >= 15 is 0 Å². The van der Waals surface area contributed by atoms with E-state index in [-0.39, 0.29) is 28.6 Å². The van der Waals surface area contributed by atoms with E-state index in [1.165, 1.54) is 18.3 Å². The molecule has 138 valence electrons. The highest BCUT2D eigenvalue weighted by molar-refractivity contribution is 7.91. The quantitative estimate of drug-likeness (QED) is 0.788. The van der Waals surface area contributed by atoms with E-state index in [9.17, 15) is 26.4 Å². The minimum Gasteiger partial charge on any atom is -0.352 e. The third kappa shape index (κ3) is 3.96. The fourth-order valence-electron chi connectivity index (χ4n) is 2.55. The zero-order valence-electron chi connectivity index (χ0n) is 13.3. The van der Waals surface area contributed by atoms with Gasteiger partial charge in [0.05, 0.1) is 29.1 Å². The molecule has 1 atom stereocenters. The lowest BCUT2D eigenvalue weighted by Gasteiger charge is -2.11. The summed E-state index contributed by atoms with van der Waals surface area (Å²) in [7, 11) is -3.11. The molecule has 0 saturated carbocycles. The zero-order chi connectivity index (χ0) is 18.9. The minimum absolute atomic E-state index is 0.0357. The molecule has 3 rings (SSSR count). The third-order valence-corrected chi connectivity index (χ3v) is 5.65. The molecule has 1 aliphatic heterocycles. The monoisotopic (exact) mass is 385 g/mol. The second-order valence-corrected chi connectivity index (χ2v) is 8.08. The highest BCUT2D eigenvalue weighted by Crippen LogP contribution is 2.23. The first-order valence-corrected chi connectivity index (χ1v) is 9.45. The predicted octanol–water partition coefficient (Wildman–Crippen LogP) is 2.16. The van der Waals surface area contributed by atoms with Crippen LogP contribution in [-0.4, -0.2) is 36.9 Å². The summed E-state index contributed by atoms with van der Waals surface area (Å²) in [5, 5.41) is 5.13. The average Bonchev–Trinajstić information content (AvgIpc) is 2.94. The van der Waals surface area contributed by atoms with E-state index in [0.717, 1.165) is 12.1 Å². The number of hydrogen-bond acceptors (Lipinski definition) is 5. The van der Waals surface area contributed by atoms with Gasteiger partial charge in [0, 0.05) is 6.04 Å². The van der Waals surface area contributed by atoms with Crippen molar-refractivity contribution in [1.29, 1.82) is 0 Å². The van der Waals surface area contributed by atoms with E-state index in [1.54, 1.807) is 0 Å². The summed E-state index contributed by atoms with van der Waals surface area (Å²) >= 11 is 0. The van der Waals surface area contributed by atoms with Gasteiger partial charge in [-0.2, -0.15) is 0 Å². The number of amides is 1. The highest BCUT2D eigenvalue weighted by atomic mass is 32.2. The lowest BCUT2D eigenvalue weighted by molar-refractivity contribution is 0.0936. The Morgan fingerprint density at radius 1 is 1.12 bits per heavy atom. The van der Waals surface area contributed by atoms with Crippen LogP contribution in [-0.2, 0) is 9.84 Å². The Kier molecular flexibility index (Phi) is 4.86. The van der Waals surface area contributed by atoms with E-state index in [4.69, 9.17) is 0 Å². The van der Waals surface area contributed by atoms with Crippen molar-refractivity contribution >= 4 is 27.1 Å². The fraction of sp³-hybridized carbons (Fsp3) is 0.250. The molecule has 1 amide bonds. The summed E-state index contributed by atoms with van der Waals surface area (Å²) in [5.74, 6) is -4.86. The standard InChI is InChI=1S/C16H14F3N3O3S/c17-11-2-4-12(15(19)14(11)18)21-9-1-3-13(20-7-9)16(23)22-10-5-6-26(24,25)8-10/h1-4,7,10,21H,5-6,8H2,(H,22,23). The Balaban J connectivity index is 1.67. The molecule has 1 saturated heterocycles. The lowest BCUT2D eigenvalue weighted by atomic mass is 10.2. The number of rotatable bonds is 4. The van der Waals surface area contributed by atoms with Gasteiger partial charge in [-0.1, -0.05) is 0 Å². The first-order valence-electron chi connectivity index (χ1n) is 7.63. The van der Waals surface area contributed by atoms with Crippen molar-refractivity contribution in [2.75, 3.05) is 16.8 Å². The molecule has 26 heavy (non-hydrogen) atoms. The van der Waals surface area contributed by atoms with E-state index in [2.05, 4.69) is 15.6 Å². The molecule has 0 radical (unpaired) electrons. The fourth-order valence-corrected chi connectivity index (χ4v) is 4.22. The van der Waals surface area contributed by atoms with Crippen LogP contribution in [0.4, 0.5) is 24.5 Å². The first kappa shape index (κ1) is 18.2. The molecule has 10 heteroatoms. The molecule has 0 spiro atoms. The summed E-state index contributed by atoms with van der Waals surface area (Å²) in [6.45, 7) is 0. The number of pyridine rings is 1. The van der Waals surface area contributed by atoms with Crippen molar-refractivity contribution < 1.29 is 26.4 Å². The molecule has 0 aliphatic carbocycles. The first-order chi connectivity index (χ1) is 12.2. The number of nitrogens with zero attached hydrogens (tertiary/aromatic N) is 1. The maximum absolute atomic E-state index is 13.6. The lowest BCUT2D eigenvalue weighted by Crippen LogP contribution is -2.36. The maximum atomic E-state index is 13.6. The Bertz CT molecular complexity index is 949. The minimum atomic E-state index is -3.11. The van der Waals surface area contributed by atoms with Gasteiger partial charge in [-0.15, -0.1) is 0 Å². The summed E-state index contributed by atoms with van der Waals surface area (Å²) in [6, 6.07) is 4.12. The van der Waals surface area contributed by atoms with Crippen LogP contribution in [0.1, 0.15) is 16.9 Å². The van der Waals surface area contributed by atoms with Crippen LogP contribution in [0.25, 0.3) is 0 Å². The highest BCUT2D eigenvalue weighted by Gasteiger charge is 2.29. The molecular formula is C16H14F3N3O3S. The molecule has 1 unspecified atom stereocenters. The van der Waals surface area contributed by atoms with E-state index < -0.39 is 39.2 Å². The largest absolute Gasteiger partial charge is 0.352 e. The number of halogens is 3. The van der Waals surface area contributed by atoms with Crippen LogP contribution in [0, 0.1) is 17.5 Å². The number of anilines is 2. The van der Waals surface area contributed by atoms with Crippen LogP contribution in [0.15, 0.2) is 30.5 Å². The van der Waals surface area contributed by atoms with Gasteiger partial charge in [-0.25, -0.2) is 26.6 Å². The third-order valence-electron chi connectivity index (χ3n) is 3.88. The van der Waals surface area contributed by atoms with E-state index in [1.807, 2.05) is 0 Å². The summed E-state index contributed by atoms with van der Waals surface area (Å²) < 4.78 is 62.6. The van der Waals surface area contributed by atoms with Crippen molar-refractivity contribution in [3.8, 4) is 0 Å². The van der Waals surface area contributed by atoms with Gasteiger partial charge < -0.3 is 10.6 Å². The number of nitrogens with one attached hydrogen (secondary N) is 2. The number of carbonyl (C=O) groups excluding carboxylic acids is 1. The number of benzene rings is 1. The second-order valence-electron chi connectivity index (χ2n) is 5.85. The maximum Gasteiger partial charge on any atom is 0.270 e. The normalized spacial score (nSPS) is 18.5. The molecule has 6 nitrogen and oxygen atoms in total. The SMILES string of the molecule is O=C(NC1CCS(=O)(=O)C1)c1ccc(Nc2ccc(F)c(F)c2F)cn1. The van der Waals surface area contributed by atoms with Crippen molar-refractivity contribution in [2.24, 2.45) is 0 Å². The van der Waals surface area contributed by atoms with Gasteiger partial charge >= 0.3 is 0 Å². The smallest absolute Gasteiger partial charge is 0.270 e. The summed E-state index contributed by atoms with van der Waals surface area (Å²) in [4.78, 5) is 16.0. The molecule has 2 N–H and O–H groups in total.